The molecule has 0 fully saturated rings. The van der Waals surface area contributed by atoms with E-state index in [-0.39, 0.29) is 17.1 Å². The highest BCUT2D eigenvalue weighted by Gasteiger charge is 2.33. The molecule has 0 radical (unpaired) electrons. The van der Waals surface area contributed by atoms with Crippen LogP contribution in [0.15, 0.2) is 164 Å². The fourth-order valence-electron chi connectivity index (χ4n) is 6.23. The van der Waals surface area contributed by atoms with E-state index in [4.69, 9.17) is 0 Å². The Morgan fingerprint density at radius 2 is 0.938 bits per heavy atom. The summed E-state index contributed by atoms with van der Waals surface area (Å²) in [5.41, 5.74) is 11.1. The number of allylic oxidation sites excluding steroid dienone is 2. The zero-order valence-electron chi connectivity index (χ0n) is 26.6. The molecule has 0 heterocycles. The third-order valence-electron chi connectivity index (χ3n) is 8.70. The van der Waals surface area contributed by atoms with Crippen LogP contribution in [0.1, 0.15) is 44.3 Å². The second-order valence-electron chi connectivity index (χ2n) is 11.7. The Balaban J connectivity index is 1.23. The van der Waals surface area contributed by atoms with Gasteiger partial charge in [0.2, 0.25) is 0 Å². The number of fused-ring (bicyclic) bond motifs is 1. The summed E-state index contributed by atoms with van der Waals surface area (Å²) in [6.45, 7) is 5.80. The molecular formula is C45H33NO2. The second kappa shape index (κ2) is 13.2. The van der Waals surface area contributed by atoms with E-state index in [1.165, 1.54) is 0 Å². The van der Waals surface area contributed by atoms with Crippen molar-refractivity contribution in [3.8, 4) is 22.3 Å². The van der Waals surface area contributed by atoms with Crippen molar-refractivity contribution in [3.63, 3.8) is 0 Å². The van der Waals surface area contributed by atoms with Crippen molar-refractivity contribution in [2.75, 3.05) is 4.90 Å². The van der Waals surface area contributed by atoms with Crippen LogP contribution in [0.4, 0.5) is 17.1 Å². The molecule has 1 aliphatic rings. The molecule has 3 heteroatoms. The molecule has 6 aromatic rings. The van der Waals surface area contributed by atoms with E-state index in [9.17, 15) is 9.59 Å². The summed E-state index contributed by atoms with van der Waals surface area (Å²) in [6.07, 6.45) is 7.24. The van der Waals surface area contributed by atoms with Gasteiger partial charge >= 0.3 is 0 Å². The molecule has 0 atom stereocenters. The van der Waals surface area contributed by atoms with Crippen LogP contribution in [0.3, 0.4) is 0 Å². The Morgan fingerprint density at radius 3 is 1.38 bits per heavy atom. The van der Waals surface area contributed by atoms with Gasteiger partial charge in [-0.1, -0.05) is 122 Å². The van der Waals surface area contributed by atoms with Crippen molar-refractivity contribution < 1.29 is 9.59 Å². The van der Waals surface area contributed by atoms with Gasteiger partial charge < -0.3 is 4.90 Å². The van der Waals surface area contributed by atoms with Gasteiger partial charge in [0.15, 0.2) is 11.6 Å². The van der Waals surface area contributed by atoms with Gasteiger partial charge in [0.1, 0.15) is 0 Å². The predicted molar refractivity (Wildman–Crippen MR) is 200 cm³/mol. The minimum Gasteiger partial charge on any atom is -0.311 e. The van der Waals surface area contributed by atoms with Gasteiger partial charge in [-0.05, 0) is 100 Å². The molecule has 0 N–H and O–H groups in total. The zero-order chi connectivity index (χ0) is 33.0. The van der Waals surface area contributed by atoms with Crippen molar-refractivity contribution in [2.45, 2.75) is 6.92 Å². The first-order valence-electron chi connectivity index (χ1n) is 16.0. The number of ketones is 2. The van der Waals surface area contributed by atoms with Crippen LogP contribution in [-0.2, 0) is 0 Å². The average molecular weight is 620 g/mol. The molecule has 6 aromatic carbocycles. The maximum absolute atomic E-state index is 13.4. The fourth-order valence-corrected chi connectivity index (χ4v) is 6.23. The number of carbonyl (C=O) groups is 2. The first-order valence-corrected chi connectivity index (χ1v) is 16.0. The Bertz CT molecular complexity index is 2110. The molecule has 0 amide bonds. The molecule has 0 bridgehead atoms. The van der Waals surface area contributed by atoms with Crippen molar-refractivity contribution in [2.24, 2.45) is 0 Å². The van der Waals surface area contributed by atoms with E-state index < -0.39 is 0 Å². The summed E-state index contributed by atoms with van der Waals surface area (Å²) in [4.78, 5) is 29.0. The molecule has 0 spiro atoms. The van der Waals surface area contributed by atoms with Crippen LogP contribution >= 0.6 is 0 Å². The largest absolute Gasteiger partial charge is 0.311 e. The van der Waals surface area contributed by atoms with E-state index in [0.717, 1.165) is 56.0 Å². The highest BCUT2D eigenvalue weighted by atomic mass is 16.2. The minimum absolute atomic E-state index is 0.176. The lowest BCUT2D eigenvalue weighted by molar-refractivity contribution is 0.0990. The highest BCUT2D eigenvalue weighted by Crippen LogP contribution is 2.37. The zero-order valence-corrected chi connectivity index (χ0v) is 26.6. The van der Waals surface area contributed by atoms with E-state index in [1.807, 2.05) is 79.7 Å². The van der Waals surface area contributed by atoms with Gasteiger partial charge in [0, 0.05) is 28.2 Å². The van der Waals surface area contributed by atoms with Gasteiger partial charge in [-0.15, -0.1) is 0 Å². The number of hydrogen-bond acceptors (Lipinski definition) is 3. The third kappa shape index (κ3) is 5.86. The van der Waals surface area contributed by atoms with Crippen LogP contribution in [0.25, 0.3) is 40.5 Å². The SMILES string of the molecule is C=Cc1cc2c(cc1/C=C\C)C(=O)/C(=C\c1ccc(N(c3ccc(-c4ccccc4)cc3)c3ccc(-c4ccccc4)cc3)cc1)C2=O. The monoisotopic (exact) mass is 619 g/mol. The third-order valence-corrected chi connectivity index (χ3v) is 8.70. The van der Waals surface area contributed by atoms with Crippen LogP contribution < -0.4 is 4.90 Å². The summed E-state index contributed by atoms with van der Waals surface area (Å²) in [5, 5.41) is 0. The summed E-state index contributed by atoms with van der Waals surface area (Å²) < 4.78 is 0. The van der Waals surface area contributed by atoms with Crippen molar-refractivity contribution in [1.29, 1.82) is 0 Å². The van der Waals surface area contributed by atoms with Crippen molar-refractivity contribution in [1.82, 2.24) is 0 Å². The van der Waals surface area contributed by atoms with Crippen molar-refractivity contribution in [3.05, 3.63) is 192 Å². The van der Waals surface area contributed by atoms with E-state index in [0.29, 0.717) is 11.1 Å². The first kappa shape index (κ1) is 30.3. The topological polar surface area (TPSA) is 37.4 Å². The quantitative estimate of drug-likeness (QED) is 0.126. The molecule has 0 aliphatic heterocycles. The second-order valence-corrected chi connectivity index (χ2v) is 11.7. The molecular weight excluding hydrogens is 587 g/mol. The Hall–Kier alpha value is -6.32. The van der Waals surface area contributed by atoms with Gasteiger partial charge in [0.25, 0.3) is 0 Å². The molecule has 0 saturated heterocycles. The maximum atomic E-state index is 13.4. The Labute approximate surface area is 281 Å². The molecule has 0 unspecified atom stereocenters. The van der Waals surface area contributed by atoms with Gasteiger partial charge in [-0.3, -0.25) is 9.59 Å². The summed E-state index contributed by atoms with van der Waals surface area (Å²) >= 11 is 0. The van der Waals surface area contributed by atoms with Crippen molar-refractivity contribution >= 4 is 46.9 Å². The lowest BCUT2D eigenvalue weighted by atomic mass is 9.99. The Morgan fingerprint density at radius 1 is 0.521 bits per heavy atom. The lowest BCUT2D eigenvalue weighted by Gasteiger charge is -2.26. The van der Waals surface area contributed by atoms with Gasteiger partial charge in [-0.25, -0.2) is 0 Å². The fraction of sp³-hybridized carbons (Fsp3) is 0.0222. The van der Waals surface area contributed by atoms with Crippen LogP contribution in [0, 0.1) is 0 Å². The van der Waals surface area contributed by atoms with Gasteiger partial charge in [0.05, 0.1) is 5.57 Å². The number of Topliss-reactive ketones (excluding diaryl/α,β-unsaturated/α-hetero) is 2. The minimum atomic E-state index is -0.257. The number of anilines is 3. The molecule has 230 valence electrons. The summed E-state index contributed by atoms with van der Waals surface area (Å²) in [6, 6.07) is 49.3. The average Bonchev–Trinajstić information content (AvgIpc) is 3.37. The Kier molecular flexibility index (Phi) is 8.34. The van der Waals surface area contributed by atoms with Gasteiger partial charge in [-0.2, -0.15) is 0 Å². The molecule has 0 aromatic heterocycles. The molecule has 1 aliphatic carbocycles. The standard InChI is InChI=1S/C45H33NO2/c1-3-11-37-30-42-41(29-32(37)4-2)44(47)43(45(42)48)28-31-16-22-38(23-17-31)46(39-24-18-35(19-25-39)33-12-7-5-8-13-33)40-26-20-36(21-27-40)34-14-9-6-10-15-34/h3-30H,2H2,1H3/b11-3-,43-28-. The predicted octanol–water partition coefficient (Wildman–Crippen LogP) is 11.6. The first-order chi connectivity index (χ1) is 23.5. The number of benzene rings is 6. The number of nitrogens with zero attached hydrogens (tertiary/aromatic N) is 1. The van der Waals surface area contributed by atoms with Crippen LogP contribution in [-0.4, -0.2) is 11.6 Å². The van der Waals surface area contributed by atoms with E-state index in [1.54, 1.807) is 24.3 Å². The van der Waals surface area contributed by atoms with E-state index >= 15 is 0 Å². The molecule has 3 nitrogen and oxygen atoms in total. The number of rotatable bonds is 8. The molecule has 7 rings (SSSR count). The number of hydrogen-bond donors (Lipinski definition) is 0. The summed E-state index contributed by atoms with van der Waals surface area (Å²) in [7, 11) is 0. The molecule has 0 saturated carbocycles. The lowest BCUT2D eigenvalue weighted by Crippen LogP contribution is -2.09. The smallest absolute Gasteiger partial charge is 0.197 e. The number of carbonyl (C=O) groups excluding carboxylic acids is 2. The molecule has 48 heavy (non-hydrogen) atoms. The van der Waals surface area contributed by atoms with Crippen LogP contribution in [0.5, 0.6) is 0 Å². The highest BCUT2D eigenvalue weighted by molar-refractivity contribution is 6.41. The normalized spacial score (nSPS) is 13.2. The maximum Gasteiger partial charge on any atom is 0.197 e. The summed E-state index contributed by atoms with van der Waals surface area (Å²) in [5.74, 6) is -0.507. The van der Waals surface area contributed by atoms with E-state index in [2.05, 4.69) is 84.3 Å². The van der Waals surface area contributed by atoms with Crippen LogP contribution in [0.2, 0.25) is 0 Å².